The third-order valence-corrected chi connectivity index (χ3v) is 5.37. The van der Waals surface area contributed by atoms with E-state index in [1.54, 1.807) is 0 Å². The number of hydrogen-bond acceptors (Lipinski definition) is 3. The topological polar surface area (TPSA) is 21.3 Å². The molecule has 0 aromatic carbocycles. The van der Waals surface area contributed by atoms with E-state index in [9.17, 15) is 0 Å². The second kappa shape index (κ2) is 5.32. The Bertz CT molecular complexity index is 399. The molecule has 3 unspecified atom stereocenters. The summed E-state index contributed by atoms with van der Waals surface area (Å²) in [5, 5.41) is 3.76. The summed E-state index contributed by atoms with van der Waals surface area (Å²) in [5.74, 6) is 0. The van der Waals surface area contributed by atoms with E-state index in [4.69, 9.17) is 4.74 Å². The van der Waals surface area contributed by atoms with Crippen LogP contribution in [0.3, 0.4) is 0 Å². The van der Waals surface area contributed by atoms with Gasteiger partial charge in [0.1, 0.15) is 0 Å². The Morgan fingerprint density at radius 2 is 2.22 bits per heavy atom. The van der Waals surface area contributed by atoms with Gasteiger partial charge < -0.3 is 10.1 Å². The maximum Gasteiger partial charge on any atom is 0.0655 e. The van der Waals surface area contributed by atoms with Gasteiger partial charge in [-0.15, -0.1) is 11.3 Å². The fraction of sp³-hybridized carbons (Fsp3) is 0.733. The van der Waals surface area contributed by atoms with Crippen molar-refractivity contribution >= 4 is 11.3 Å². The number of hydrogen-bond donors (Lipinski definition) is 1. The largest absolute Gasteiger partial charge is 0.378 e. The third kappa shape index (κ3) is 2.63. The molecule has 102 valence electrons. The van der Waals surface area contributed by atoms with Gasteiger partial charge in [0, 0.05) is 33.9 Å². The van der Waals surface area contributed by atoms with Gasteiger partial charge in [0.2, 0.25) is 0 Å². The van der Waals surface area contributed by atoms with Gasteiger partial charge in [-0.25, -0.2) is 0 Å². The van der Waals surface area contributed by atoms with E-state index in [2.05, 4.69) is 52.1 Å². The standard InChI is InChI=1S/C15H25NOS/c1-6-17-14-9-13(15(14,4)5)16-11(3)12-8-7-10(2)18-12/h7-8,11,13-14,16H,6,9H2,1-5H3. The quantitative estimate of drug-likeness (QED) is 0.873. The molecule has 0 spiro atoms. The van der Waals surface area contributed by atoms with Crippen LogP contribution in [0.2, 0.25) is 0 Å². The highest BCUT2D eigenvalue weighted by Crippen LogP contribution is 2.43. The second-order valence-electron chi connectivity index (χ2n) is 5.89. The minimum atomic E-state index is 0.247. The molecule has 0 amide bonds. The molecule has 3 atom stereocenters. The van der Waals surface area contributed by atoms with E-state index in [-0.39, 0.29) is 5.41 Å². The van der Waals surface area contributed by atoms with Gasteiger partial charge in [-0.05, 0) is 39.3 Å². The summed E-state index contributed by atoms with van der Waals surface area (Å²) in [7, 11) is 0. The Kier molecular flexibility index (Phi) is 4.15. The first kappa shape index (κ1) is 14.0. The maximum atomic E-state index is 5.78. The molecular formula is C15H25NOS. The molecule has 1 heterocycles. The number of aryl methyl sites for hydroxylation is 1. The number of ether oxygens (including phenoxy) is 1. The number of rotatable bonds is 5. The summed E-state index contributed by atoms with van der Waals surface area (Å²) in [6.45, 7) is 11.9. The van der Waals surface area contributed by atoms with Crippen molar-refractivity contribution in [2.75, 3.05) is 6.61 Å². The highest BCUT2D eigenvalue weighted by molar-refractivity contribution is 7.12. The fourth-order valence-electron chi connectivity index (χ4n) is 2.72. The zero-order valence-electron chi connectivity index (χ0n) is 12.1. The van der Waals surface area contributed by atoms with Gasteiger partial charge >= 0.3 is 0 Å². The lowest BCUT2D eigenvalue weighted by molar-refractivity contribution is -0.116. The molecule has 0 radical (unpaired) electrons. The molecule has 1 aliphatic carbocycles. The predicted molar refractivity (Wildman–Crippen MR) is 78.2 cm³/mol. The molecule has 0 bridgehead atoms. The van der Waals surface area contributed by atoms with Crippen LogP contribution in [0, 0.1) is 12.3 Å². The lowest BCUT2D eigenvalue weighted by Crippen LogP contribution is -2.61. The van der Waals surface area contributed by atoms with Crippen LogP contribution in [0.15, 0.2) is 12.1 Å². The molecule has 1 saturated carbocycles. The van der Waals surface area contributed by atoms with Gasteiger partial charge in [-0.3, -0.25) is 0 Å². The van der Waals surface area contributed by atoms with Crippen LogP contribution in [0.4, 0.5) is 0 Å². The smallest absolute Gasteiger partial charge is 0.0655 e. The Morgan fingerprint density at radius 3 is 2.72 bits per heavy atom. The molecule has 18 heavy (non-hydrogen) atoms. The first-order valence-electron chi connectivity index (χ1n) is 6.89. The van der Waals surface area contributed by atoms with Crippen LogP contribution in [-0.2, 0) is 4.74 Å². The summed E-state index contributed by atoms with van der Waals surface area (Å²) in [5.41, 5.74) is 0.247. The molecule has 3 heteroatoms. The van der Waals surface area contributed by atoms with Crippen LogP contribution in [0.25, 0.3) is 0 Å². The summed E-state index contributed by atoms with van der Waals surface area (Å²) < 4.78 is 5.78. The van der Waals surface area contributed by atoms with Crippen LogP contribution in [0.1, 0.15) is 49.9 Å². The van der Waals surface area contributed by atoms with Gasteiger partial charge in [0.25, 0.3) is 0 Å². The zero-order valence-corrected chi connectivity index (χ0v) is 12.9. The summed E-state index contributed by atoms with van der Waals surface area (Å²) in [6, 6.07) is 5.44. The normalized spacial score (nSPS) is 27.8. The Labute approximate surface area is 115 Å². The summed E-state index contributed by atoms with van der Waals surface area (Å²) in [6.07, 6.45) is 1.55. The summed E-state index contributed by atoms with van der Waals surface area (Å²) >= 11 is 1.89. The third-order valence-electron chi connectivity index (χ3n) is 4.18. The van der Waals surface area contributed by atoms with Crippen molar-refractivity contribution in [3.8, 4) is 0 Å². The van der Waals surface area contributed by atoms with E-state index in [1.165, 1.54) is 9.75 Å². The summed E-state index contributed by atoms with van der Waals surface area (Å²) in [4.78, 5) is 2.82. The van der Waals surface area contributed by atoms with Gasteiger partial charge in [-0.1, -0.05) is 13.8 Å². The predicted octanol–water partition coefficient (Wildman–Crippen LogP) is 3.91. The van der Waals surface area contributed by atoms with Crippen molar-refractivity contribution in [1.29, 1.82) is 0 Å². The van der Waals surface area contributed by atoms with E-state index in [0.717, 1.165) is 13.0 Å². The molecule has 1 N–H and O–H groups in total. The van der Waals surface area contributed by atoms with Crippen molar-refractivity contribution in [2.45, 2.75) is 59.2 Å². The lowest BCUT2D eigenvalue weighted by atomic mass is 9.64. The first-order chi connectivity index (χ1) is 8.45. The second-order valence-corrected chi connectivity index (χ2v) is 7.21. The van der Waals surface area contributed by atoms with E-state index in [0.29, 0.717) is 18.2 Å². The van der Waals surface area contributed by atoms with E-state index < -0.39 is 0 Å². The molecule has 1 fully saturated rings. The van der Waals surface area contributed by atoms with Gasteiger partial charge in [-0.2, -0.15) is 0 Å². The molecule has 0 aliphatic heterocycles. The van der Waals surface area contributed by atoms with Crippen LogP contribution in [-0.4, -0.2) is 18.8 Å². The van der Waals surface area contributed by atoms with Crippen molar-refractivity contribution in [1.82, 2.24) is 5.32 Å². The number of thiophene rings is 1. The molecule has 2 nitrogen and oxygen atoms in total. The minimum absolute atomic E-state index is 0.247. The lowest BCUT2D eigenvalue weighted by Gasteiger charge is -2.52. The van der Waals surface area contributed by atoms with Crippen molar-refractivity contribution in [3.63, 3.8) is 0 Å². The van der Waals surface area contributed by atoms with Crippen molar-refractivity contribution in [3.05, 3.63) is 21.9 Å². The van der Waals surface area contributed by atoms with Crippen molar-refractivity contribution < 1.29 is 4.74 Å². The van der Waals surface area contributed by atoms with Crippen molar-refractivity contribution in [2.24, 2.45) is 5.41 Å². The average molecular weight is 267 g/mol. The first-order valence-corrected chi connectivity index (χ1v) is 7.70. The Hall–Kier alpha value is -0.380. The number of nitrogens with one attached hydrogen (secondary N) is 1. The highest BCUT2D eigenvalue weighted by atomic mass is 32.1. The Morgan fingerprint density at radius 1 is 1.50 bits per heavy atom. The molecular weight excluding hydrogens is 242 g/mol. The molecule has 0 saturated heterocycles. The zero-order chi connectivity index (χ0) is 13.3. The Balaban J connectivity index is 1.91. The minimum Gasteiger partial charge on any atom is -0.378 e. The van der Waals surface area contributed by atoms with E-state index in [1.807, 2.05) is 11.3 Å². The van der Waals surface area contributed by atoms with Gasteiger partial charge in [0.05, 0.1) is 6.10 Å². The molecule has 1 aromatic rings. The SMILES string of the molecule is CCOC1CC(NC(C)c2ccc(C)s2)C1(C)C. The highest BCUT2D eigenvalue weighted by Gasteiger charge is 2.49. The van der Waals surface area contributed by atoms with Crippen LogP contribution in [0.5, 0.6) is 0 Å². The fourth-order valence-corrected chi connectivity index (χ4v) is 3.61. The molecule has 1 aromatic heterocycles. The van der Waals surface area contributed by atoms with Gasteiger partial charge in [0.15, 0.2) is 0 Å². The molecule has 2 rings (SSSR count). The monoisotopic (exact) mass is 267 g/mol. The van der Waals surface area contributed by atoms with Crippen LogP contribution < -0.4 is 5.32 Å². The average Bonchev–Trinajstić information content (AvgIpc) is 2.74. The van der Waals surface area contributed by atoms with Crippen LogP contribution >= 0.6 is 11.3 Å². The molecule has 1 aliphatic rings. The van der Waals surface area contributed by atoms with E-state index >= 15 is 0 Å². The maximum absolute atomic E-state index is 5.78.